The zero-order valence-corrected chi connectivity index (χ0v) is 13.1. The Morgan fingerprint density at radius 3 is 2.33 bits per heavy atom. The summed E-state index contributed by atoms with van der Waals surface area (Å²) in [7, 11) is 2.12. The first kappa shape index (κ1) is 14.6. The third-order valence-electron chi connectivity index (χ3n) is 4.45. The van der Waals surface area contributed by atoms with Gasteiger partial charge in [0.25, 0.3) is 0 Å². The summed E-state index contributed by atoms with van der Waals surface area (Å²) in [6, 6.07) is 16.4. The van der Waals surface area contributed by atoms with E-state index in [1.165, 1.54) is 11.1 Å². The van der Waals surface area contributed by atoms with Gasteiger partial charge in [-0.3, -0.25) is 4.90 Å². The van der Waals surface area contributed by atoms with Crippen molar-refractivity contribution in [2.24, 2.45) is 5.92 Å². The summed E-state index contributed by atoms with van der Waals surface area (Å²) in [5, 5.41) is 11.2. The van der Waals surface area contributed by atoms with Crippen molar-refractivity contribution < 1.29 is 5.11 Å². The van der Waals surface area contributed by atoms with Crippen molar-refractivity contribution in [2.45, 2.75) is 25.6 Å². The average Bonchev–Trinajstić information content (AvgIpc) is 2.74. The number of benzene rings is 2. The smallest absolute Gasteiger partial charge is 0.0837 e. The van der Waals surface area contributed by atoms with Gasteiger partial charge in [0, 0.05) is 23.5 Å². The molecule has 0 fully saturated rings. The largest absolute Gasteiger partial charge is 0.388 e. The van der Waals surface area contributed by atoms with E-state index in [0.717, 1.165) is 17.1 Å². The first-order valence-corrected chi connectivity index (χ1v) is 7.67. The van der Waals surface area contributed by atoms with E-state index in [-0.39, 0.29) is 18.1 Å². The monoisotopic (exact) mass is 301 g/mol. The van der Waals surface area contributed by atoms with Gasteiger partial charge in [-0.1, -0.05) is 54.9 Å². The van der Waals surface area contributed by atoms with Crippen molar-refractivity contribution in [2.75, 3.05) is 7.05 Å². The van der Waals surface area contributed by atoms with Crippen LogP contribution < -0.4 is 0 Å². The molecule has 3 unspecified atom stereocenters. The van der Waals surface area contributed by atoms with Crippen molar-refractivity contribution >= 4 is 11.6 Å². The molecule has 0 amide bonds. The molecular formula is C18H20ClNO. The van der Waals surface area contributed by atoms with E-state index in [4.69, 9.17) is 11.6 Å². The Morgan fingerprint density at radius 1 is 1.05 bits per heavy atom. The zero-order valence-electron chi connectivity index (χ0n) is 12.3. The minimum atomic E-state index is -0.376. The van der Waals surface area contributed by atoms with Crippen molar-refractivity contribution in [3.63, 3.8) is 0 Å². The Labute approximate surface area is 131 Å². The summed E-state index contributed by atoms with van der Waals surface area (Å²) in [6.07, 6.45) is -0.376. The van der Waals surface area contributed by atoms with Crippen LogP contribution in [0.25, 0.3) is 0 Å². The molecule has 3 heteroatoms. The fraction of sp³-hybridized carbons (Fsp3) is 0.333. The van der Waals surface area contributed by atoms with Crippen LogP contribution in [0.3, 0.4) is 0 Å². The standard InChI is InChI=1S/C18H20ClNO/c1-12-17(15-5-3-4-6-16(15)18(12)21)20(2)11-13-7-9-14(19)10-8-13/h3-10,12,17-18,21H,11H2,1-2H3. The van der Waals surface area contributed by atoms with Gasteiger partial charge in [0.2, 0.25) is 0 Å². The van der Waals surface area contributed by atoms with Crippen molar-refractivity contribution in [1.82, 2.24) is 4.90 Å². The topological polar surface area (TPSA) is 23.5 Å². The number of hydrogen-bond donors (Lipinski definition) is 1. The highest BCUT2D eigenvalue weighted by Gasteiger charge is 2.38. The molecule has 0 spiro atoms. The Bertz CT molecular complexity index is 625. The highest BCUT2D eigenvalue weighted by atomic mass is 35.5. The lowest BCUT2D eigenvalue weighted by Gasteiger charge is -2.29. The number of aliphatic hydroxyl groups is 1. The molecule has 0 saturated heterocycles. The van der Waals surface area contributed by atoms with Gasteiger partial charge >= 0.3 is 0 Å². The summed E-state index contributed by atoms with van der Waals surface area (Å²) in [6.45, 7) is 2.96. The van der Waals surface area contributed by atoms with E-state index in [0.29, 0.717) is 0 Å². The number of fused-ring (bicyclic) bond motifs is 1. The van der Waals surface area contributed by atoms with Crippen LogP contribution in [0.5, 0.6) is 0 Å². The molecule has 110 valence electrons. The Kier molecular flexibility index (Phi) is 4.03. The van der Waals surface area contributed by atoms with Crippen LogP contribution in [0.1, 0.15) is 35.8 Å². The van der Waals surface area contributed by atoms with E-state index in [2.05, 4.69) is 37.1 Å². The molecule has 0 radical (unpaired) electrons. The SMILES string of the molecule is CC1C(O)c2ccccc2C1N(C)Cc1ccc(Cl)cc1. The van der Waals surface area contributed by atoms with Crippen LogP contribution in [-0.2, 0) is 6.54 Å². The molecular weight excluding hydrogens is 282 g/mol. The van der Waals surface area contributed by atoms with E-state index in [1.54, 1.807) is 0 Å². The molecule has 0 heterocycles. The molecule has 0 saturated carbocycles. The van der Waals surface area contributed by atoms with Crippen molar-refractivity contribution in [1.29, 1.82) is 0 Å². The maximum absolute atomic E-state index is 10.4. The molecule has 0 bridgehead atoms. The first-order valence-electron chi connectivity index (χ1n) is 7.29. The number of hydrogen-bond acceptors (Lipinski definition) is 2. The highest BCUT2D eigenvalue weighted by molar-refractivity contribution is 6.30. The lowest BCUT2D eigenvalue weighted by molar-refractivity contribution is 0.0754. The molecule has 0 aliphatic heterocycles. The second-order valence-corrected chi connectivity index (χ2v) is 6.36. The Hall–Kier alpha value is -1.35. The predicted molar refractivity (Wildman–Crippen MR) is 86.2 cm³/mol. The lowest BCUT2D eigenvalue weighted by Crippen LogP contribution is -2.27. The van der Waals surface area contributed by atoms with Gasteiger partial charge in [-0.15, -0.1) is 0 Å². The van der Waals surface area contributed by atoms with Gasteiger partial charge < -0.3 is 5.11 Å². The molecule has 1 aliphatic carbocycles. The maximum atomic E-state index is 10.4. The van der Waals surface area contributed by atoms with Crippen LogP contribution in [0.2, 0.25) is 5.02 Å². The second kappa shape index (κ2) is 5.80. The number of nitrogens with zero attached hydrogens (tertiary/aromatic N) is 1. The molecule has 3 atom stereocenters. The predicted octanol–water partition coefficient (Wildman–Crippen LogP) is 4.20. The summed E-state index contributed by atoms with van der Waals surface area (Å²) in [5.41, 5.74) is 3.54. The van der Waals surface area contributed by atoms with E-state index >= 15 is 0 Å². The third-order valence-corrected chi connectivity index (χ3v) is 4.70. The number of halogens is 1. The highest BCUT2D eigenvalue weighted by Crippen LogP contribution is 2.46. The van der Waals surface area contributed by atoms with Crippen LogP contribution in [-0.4, -0.2) is 17.1 Å². The summed E-state index contributed by atoms with van der Waals surface area (Å²) in [5.74, 6) is 0.194. The summed E-state index contributed by atoms with van der Waals surface area (Å²) in [4.78, 5) is 2.31. The van der Waals surface area contributed by atoms with Crippen LogP contribution in [0, 0.1) is 5.92 Å². The Morgan fingerprint density at radius 2 is 1.67 bits per heavy atom. The molecule has 3 rings (SSSR count). The van der Waals surface area contributed by atoms with Crippen molar-refractivity contribution in [3.05, 3.63) is 70.2 Å². The summed E-state index contributed by atoms with van der Waals surface area (Å²) < 4.78 is 0. The molecule has 21 heavy (non-hydrogen) atoms. The molecule has 1 N–H and O–H groups in total. The number of aliphatic hydroxyl groups excluding tert-OH is 1. The normalized spacial score (nSPS) is 24.3. The first-order chi connectivity index (χ1) is 10.1. The fourth-order valence-corrected chi connectivity index (χ4v) is 3.53. The second-order valence-electron chi connectivity index (χ2n) is 5.92. The molecule has 2 nitrogen and oxygen atoms in total. The lowest BCUT2D eigenvalue weighted by atomic mass is 9.99. The average molecular weight is 302 g/mol. The molecule has 2 aromatic carbocycles. The van der Waals surface area contributed by atoms with Crippen LogP contribution in [0.4, 0.5) is 0 Å². The van der Waals surface area contributed by atoms with E-state index < -0.39 is 0 Å². The van der Waals surface area contributed by atoms with Gasteiger partial charge in [0.05, 0.1) is 6.10 Å². The van der Waals surface area contributed by atoms with Gasteiger partial charge in [0.15, 0.2) is 0 Å². The van der Waals surface area contributed by atoms with Crippen molar-refractivity contribution in [3.8, 4) is 0 Å². The van der Waals surface area contributed by atoms with Gasteiger partial charge in [-0.25, -0.2) is 0 Å². The third kappa shape index (κ3) is 2.71. The van der Waals surface area contributed by atoms with Crippen LogP contribution in [0.15, 0.2) is 48.5 Å². The maximum Gasteiger partial charge on any atom is 0.0837 e. The number of rotatable bonds is 3. The Balaban J connectivity index is 1.84. The minimum absolute atomic E-state index is 0.194. The quantitative estimate of drug-likeness (QED) is 0.918. The molecule has 1 aliphatic rings. The summed E-state index contributed by atoms with van der Waals surface area (Å²) >= 11 is 5.94. The van der Waals surface area contributed by atoms with Gasteiger partial charge in [-0.2, -0.15) is 0 Å². The fourth-order valence-electron chi connectivity index (χ4n) is 3.40. The van der Waals surface area contributed by atoms with Gasteiger partial charge in [-0.05, 0) is 35.9 Å². The van der Waals surface area contributed by atoms with E-state index in [1.807, 2.05) is 30.3 Å². The molecule has 2 aromatic rings. The van der Waals surface area contributed by atoms with E-state index in [9.17, 15) is 5.11 Å². The minimum Gasteiger partial charge on any atom is -0.388 e. The van der Waals surface area contributed by atoms with Crippen LogP contribution >= 0.6 is 11.6 Å². The van der Waals surface area contributed by atoms with Gasteiger partial charge in [0.1, 0.15) is 0 Å². The molecule has 0 aromatic heterocycles. The zero-order chi connectivity index (χ0) is 15.0.